The average Bonchev–Trinajstić information content (AvgIpc) is 2.94. The van der Waals surface area contributed by atoms with Crippen LogP contribution in [-0.2, 0) is 4.79 Å². The van der Waals surface area contributed by atoms with Crippen molar-refractivity contribution in [3.05, 3.63) is 51.3 Å². The highest BCUT2D eigenvalue weighted by Gasteiger charge is 2.20. The van der Waals surface area contributed by atoms with Crippen LogP contribution < -0.4 is 5.32 Å². The molecular weight excluding hydrogens is 383 g/mol. The first kappa shape index (κ1) is 19.5. The van der Waals surface area contributed by atoms with Gasteiger partial charge in [-0.2, -0.15) is 10.4 Å². The zero-order valence-electron chi connectivity index (χ0n) is 15.0. The van der Waals surface area contributed by atoms with Crippen LogP contribution in [0.25, 0.3) is 11.8 Å². The maximum Gasteiger partial charge on any atom is 0.262 e. The van der Waals surface area contributed by atoms with Crippen molar-refractivity contribution < 1.29 is 4.79 Å². The molecule has 0 saturated heterocycles. The Kier molecular flexibility index (Phi) is 6.20. The number of aryl methyl sites for hydroxylation is 1. The van der Waals surface area contributed by atoms with Crippen LogP contribution in [0.4, 0.5) is 0 Å². The minimum atomic E-state index is -0.365. The number of nitrogens with zero attached hydrogens (tertiary/aromatic N) is 3. The number of nitriles is 1. The van der Waals surface area contributed by atoms with E-state index in [1.54, 1.807) is 29.8 Å². The average molecular weight is 403 g/mol. The summed E-state index contributed by atoms with van der Waals surface area (Å²) in [5.41, 5.74) is 1.90. The number of carbonyl (C=O) groups excluding carboxylic acids is 1. The molecule has 1 aromatic heterocycles. The largest absolute Gasteiger partial charge is 0.349 e. The fourth-order valence-electron chi connectivity index (χ4n) is 3.26. The molecule has 1 aromatic carbocycles. The van der Waals surface area contributed by atoms with Crippen molar-refractivity contribution in [2.45, 2.75) is 45.1 Å². The van der Waals surface area contributed by atoms with Gasteiger partial charge < -0.3 is 5.32 Å². The molecule has 3 rings (SSSR count). The maximum atomic E-state index is 12.5. The molecule has 7 heteroatoms. The predicted molar refractivity (Wildman–Crippen MR) is 107 cm³/mol. The van der Waals surface area contributed by atoms with Crippen LogP contribution in [0.3, 0.4) is 0 Å². The van der Waals surface area contributed by atoms with Crippen LogP contribution in [0.1, 0.15) is 43.4 Å². The highest BCUT2D eigenvalue weighted by atomic mass is 35.5. The minimum Gasteiger partial charge on any atom is -0.349 e. The van der Waals surface area contributed by atoms with E-state index in [1.165, 1.54) is 12.5 Å². The lowest BCUT2D eigenvalue weighted by molar-refractivity contribution is -0.117. The molecule has 1 N–H and O–H groups in total. The van der Waals surface area contributed by atoms with Crippen LogP contribution in [0.15, 0.2) is 29.8 Å². The van der Waals surface area contributed by atoms with Gasteiger partial charge in [-0.1, -0.05) is 48.5 Å². The van der Waals surface area contributed by atoms with Gasteiger partial charge in [0, 0.05) is 16.6 Å². The molecule has 27 heavy (non-hydrogen) atoms. The van der Waals surface area contributed by atoms with E-state index >= 15 is 0 Å². The first-order valence-corrected chi connectivity index (χ1v) is 9.69. The van der Waals surface area contributed by atoms with Gasteiger partial charge in [0.1, 0.15) is 16.8 Å². The first-order valence-electron chi connectivity index (χ1n) is 8.93. The van der Waals surface area contributed by atoms with Crippen LogP contribution in [0.5, 0.6) is 0 Å². The van der Waals surface area contributed by atoms with Crippen molar-refractivity contribution in [3.63, 3.8) is 0 Å². The van der Waals surface area contributed by atoms with E-state index in [4.69, 9.17) is 23.2 Å². The normalized spacial score (nSPS) is 15.4. The number of aromatic nitrogens is 2. The second kappa shape index (κ2) is 8.60. The summed E-state index contributed by atoms with van der Waals surface area (Å²) in [6, 6.07) is 9.26. The standard InChI is InChI=1S/C20H20Cl2N4O/c1-13-18(19(22)26(25-13)17-9-5-6-15(21)11-17)10-14(12-23)20(27)24-16-7-3-2-4-8-16/h5-6,9-11,16H,2-4,7-8H2,1H3,(H,24,27)/b14-10-. The van der Waals surface area contributed by atoms with Crippen molar-refractivity contribution in [1.82, 2.24) is 15.1 Å². The Labute approximate surface area is 168 Å². The van der Waals surface area contributed by atoms with E-state index in [9.17, 15) is 10.1 Å². The molecular formula is C20H20Cl2N4O. The van der Waals surface area contributed by atoms with Gasteiger partial charge in [0.2, 0.25) is 0 Å². The van der Waals surface area contributed by atoms with Gasteiger partial charge in [-0.15, -0.1) is 0 Å². The second-order valence-corrected chi connectivity index (χ2v) is 7.45. The van der Waals surface area contributed by atoms with Crippen LogP contribution in [0, 0.1) is 18.3 Å². The molecule has 2 aromatic rings. The summed E-state index contributed by atoms with van der Waals surface area (Å²) < 4.78 is 1.54. The number of halogens is 2. The van der Waals surface area contributed by atoms with E-state index < -0.39 is 0 Å². The Morgan fingerprint density at radius 3 is 2.74 bits per heavy atom. The number of amides is 1. The van der Waals surface area contributed by atoms with Gasteiger partial charge >= 0.3 is 0 Å². The predicted octanol–water partition coefficient (Wildman–Crippen LogP) is 4.84. The van der Waals surface area contributed by atoms with Gasteiger partial charge in [-0.25, -0.2) is 4.68 Å². The number of carbonyl (C=O) groups is 1. The molecule has 1 fully saturated rings. The maximum absolute atomic E-state index is 12.5. The van der Waals surface area contributed by atoms with Gasteiger partial charge in [0.15, 0.2) is 0 Å². The molecule has 140 valence electrons. The minimum absolute atomic E-state index is 0.0243. The van der Waals surface area contributed by atoms with Gasteiger partial charge in [0.05, 0.1) is 11.4 Å². The lowest BCUT2D eigenvalue weighted by Crippen LogP contribution is -2.36. The van der Waals surface area contributed by atoms with E-state index in [0.717, 1.165) is 25.7 Å². The first-order chi connectivity index (χ1) is 13.0. The molecule has 1 heterocycles. The van der Waals surface area contributed by atoms with E-state index in [0.29, 0.717) is 27.1 Å². The summed E-state index contributed by atoms with van der Waals surface area (Å²) in [7, 11) is 0. The molecule has 5 nitrogen and oxygen atoms in total. The van der Waals surface area contributed by atoms with Gasteiger partial charge in [-0.05, 0) is 44.0 Å². The Morgan fingerprint density at radius 1 is 1.33 bits per heavy atom. The summed E-state index contributed by atoms with van der Waals surface area (Å²) in [5.74, 6) is -0.365. The molecule has 1 aliphatic rings. The number of benzene rings is 1. The summed E-state index contributed by atoms with van der Waals surface area (Å²) in [6.07, 6.45) is 6.82. The molecule has 0 unspecified atom stereocenters. The lowest BCUT2D eigenvalue weighted by atomic mass is 9.95. The van der Waals surface area contributed by atoms with Crippen molar-refractivity contribution >= 4 is 35.2 Å². The Balaban J connectivity index is 1.88. The third-order valence-electron chi connectivity index (χ3n) is 4.69. The molecule has 1 amide bonds. The second-order valence-electron chi connectivity index (χ2n) is 6.66. The molecule has 0 radical (unpaired) electrons. The quantitative estimate of drug-likeness (QED) is 0.587. The van der Waals surface area contributed by atoms with Gasteiger partial charge in [-0.3, -0.25) is 4.79 Å². The molecule has 0 atom stereocenters. The highest BCUT2D eigenvalue weighted by Crippen LogP contribution is 2.27. The molecule has 0 aliphatic heterocycles. The van der Waals surface area contributed by atoms with Crippen molar-refractivity contribution in [1.29, 1.82) is 5.26 Å². The van der Waals surface area contributed by atoms with Crippen LogP contribution in [-0.4, -0.2) is 21.7 Å². The zero-order valence-corrected chi connectivity index (χ0v) is 16.5. The van der Waals surface area contributed by atoms with Crippen molar-refractivity contribution in [2.24, 2.45) is 0 Å². The van der Waals surface area contributed by atoms with Crippen LogP contribution in [0.2, 0.25) is 10.2 Å². The summed E-state index contributed by atoms with van der Waals surface area (Å²) in [6.45, 7) is 1.78. The topological polar surface area (TPSA) is 70.7 Å². The molecule has 0 bridgehead atoms. The fourth-order valence-corrected chi connectivity index (χ4v) is 3.77. The van der Waals surface area contributed by atoms with E-state index in [-0.39, 0.29) is 17.5 Å². The zero-order chi connectivity index (χ0) is 19.4. The monoisotopic (exact) mass is 402 g/mol. The smallest absolute Gasteiger partial charge is 0.262 e. The molecule has 0 spiro atoms. The Morgan fingerprint density at radius 2 is 2.07 bits per heavy atom. The molecule has 1 aliphatic carbocycles. The number of rotatable bonds is 4. The number of hydrogen-bond acceptors (Lipinski definition) is 3. The summed E-state index contributed by atoms with van der Waals surface area (Å²) in [5, 5.41) is 17.7. The summed E-state index contributed by atoms with van der Waals surface area (Å²) in [4.78, 5) is 12.5. The lowest BCUT2D eigenvalue weighted by Gasteiger charge is -2.22. The van der Waals surface area contributed by atoms with Crippen LogP contribution >= 0.6 is 23.2 Å². The third-order valence-corrected chi connectivity index (χ3v) is 5.29. The van der Waals surface area contributed by atoms with Gasteiger partial charge in [0.25, 0.3) is 5.91 Å². The highest BCUT2D eigenvalue weighted by molar-refractivity contribution is 6.32. The fraction of sp³-hybridized carbons (Fsp3) is 0.350. The number of nitrogens with one attached hydrogen (secondary N) is 1. The SMILES string of the molecule is Cc1nn(-c2cccc(Cl)c2)c(Cl)c1/C=C(/C#N)C(=O)NC1CCCCC1. The van der Waals surface area contributed by atoms with E-state index in [1.807, 2.05) is 12.1 Å². The summed E-state index contributed by atoms with van der Waals surface area (Å²) >= 11 is 12.5. The Bertz CT molecular complexity index is 921. The third kappa shape index (κ3) is 4.52. The van der Waals surface area contributed by atoms with Crippen molar-refractivity contribution in [3.8, 4) is 11.8 Å². The number of hydrogen-bond donors (Lipinski definition) is 1. The molecule has 1 saturated carbocycles. The van der Waals surface area contributed by atoms with Crippen molar-refractivity contribution in [2.75, 3.05) is 0 Å². The van der Waals surface area contributed by atoms with E-state index in [2.05, 4.69) is 10.4 Å². The Hall–Kier alpha value is -2.29.